The summed E-state index contributed by atoms with van der Waals surface area (Å²) in [5.74, 6) is 0.636. The average molecular weight is 481 g/mol. The lowest BCUT2D eigenvalue weighted by atomic mass is 10.0. The van der Waals surface area contributed by atoms with Gasteiger partial charge in [-0.1, -0.05) is 36.4 Å². The van der Waals surface area contributed by atoms with Gasteiger partial charge < -0.3 is 19.2 Å². The van der Waals surface area contributed by atoms with Crippen molar-refractivity contribution in [2.24, 2.45) is 0 Å². The van der Waals surface area contributed by atoms with Crippen LogP contribution in [0.3, 0.4) is 0 Å². The average Bonchev–Trinajstić information content (AvgIpc) is 3.56. The molecule has 1 aliphatic carbocycles. The number of nitrogens with one attached hydrogen (secondary N) is 1. The Morgan fingerprint density at radius 1 is 1.06 bits per heavy atom. The number of fused-ring (bicyclic) bond motifs is 3. The molecule has 0 fully saturated rings. The zero-order valence-corrected chi connectivity index (χ0v) is 19.5. The van der Waals surface area contributed by atoms with Crippen molar-refractivity contribution in [1.29, 1.82) is 0 Å². The molecular weight excluding hydrogens is 456 g/mol. The Labute approximate surface area is 207 Å². The fourth-order valence-corrected chi connectivity index (χ4v) is 4.99. The molecule has 0 spiro atoms. The van der Waals surface area contributed by atoms with Crippen LogP contribution in [0.1, 0.15) is 51.8 Å². The van der Waals surface area contributed by atoms with Crippen LogP contribution in [0.2, 0.25) is 0 Å². The monoisotopic (exact) mass is 480 g/mol. The van der Waals surface area contributed by atoms with Gasteiger partial charge >= 0.3 is 5.97 Å². The van der Waals surface area contributed by atoms with Crippen molar-refractivity contribution < 1.29 is 23.5 Å². The first-order valence-electron chi connectivity index (χ1n) is 12.0. The lowest BCUT2D eigenvalue weighted by molar-refractivity contribution is -0.125. The van der Waals surface area contributed by atoms with Gasteiger partial charge in [-0.05, 0) is 54.3 Å². The van der Waals surface area contributed by atoms with Crippen LogP contribution in [0.5, 0.6) is 5.75 Å². The minimum atomic E-state index is -0.522. The Morgan fingerprint density at radius 3 is 2.81 bits per heavy atom. The summed E-state index contributed by atoms with van der Waals surface area (Å²) in [5.41, 5.74) is 4.74. The van der Waals surface area contributed by atoms with Crippen LogP contribution in [0.25, 0.3) is 22.6 Å². The molecule has 1 unspecified atom stereocenters. The van der Waals surface area contributed by atoms with Crippen molar-refractivity contribution >= 4 is 34.4 Å². The van der Waals surface area contributed by atoms with Gasteiger partial charge in [0.05, 0.1) is 35.7 Å². The summed E-state index contributed by atoms with van der Waals surface area (Å²) in [6, 6.07) is 18.7. The first-order valence-corrected chi connectivity index (χ1v) is 12.0. The van der Waals surface area contributed by atoms with Crippen molar-refractivity contribution in [2.75, 3.05) is 13.2 Å². The van der Waals surface area contributed by atoms with Gasteiger partial charge in [0.15, 0.2) is 6.61 Å². The van der Waals surface area contributed by atoms with E-state index in [1.807, 2.05) is 66.7 Å². The van der Waals surface area contributed by atoms with E-state index in [2.05, 4.69) is 5.32 Å². The number of hydrogen-bond donors (Lipinski definition) is 1. The summed E-state index contributed by atoms with van der Waals surface area (Å²) in [6.45, 7) is 0.156. The molecule has 1 amide bonds. The number of amides is 1. The van der Waals surface area contributed by atoms with E-state index in [4.69, 9.17) is 18.9 Å². The number of hydrogen-bond acceptors (Lipinski definition) is 6. The van der Waals surface area contributed by atoms with Crippen molar-refractivity contribution in [3.8, 4) is 5.75 Å². The number of rotatable bonds is 5. The second kappa shape index (κ2) is 9.34. The zero-order chi connectivity index (χ0) is 24.5. The minimum Gasteiger partial charge on any atom is -0.493 e. The highest BCUT2D eigenvalue weighted by Crippen LogP contribution is 2.38. The van der Waals surface area contributed by atoms with E-state index in [0.29, 0.717) is 30.5 Å². The molecule has 36 heavy (non-hydrogen) atoms. The summed E-state index contributed by atoms with van der Waals surface area (Å²) in [6.07, 6.45) is 5.65. The van der Waals surface area contributed by atoms with Gasteiger partial charge in [-0.3, -0.25) is 4.79 Å². The molecule has 6 rings (SSSR count). The molecule has 0 radical (unpaired) electrons. The Morgan fingerprint density at radius 2 is 1.92 bits per heavy atom. The number of ether oxygens (including phenoxy) is 2. The van der Waals surface area contributed by atoms with Crippen LogP contribution in [-0.2, 0) is 16.0 Å². The van der Waals surface area contributed by atoms with Gasteiger partial charge in [0.2, 0.25) is 0 Å². The third-order valence-electron chi connectivity index (χ3n) is 6.63. The largest absolute Gasteiger partial charge is 0.493 e. The van der Waals surface area contributed by atoms with Crippen LogP contribution in [0.4, 0.5) is 0 Å². The fourth-order valence-electron chi connectivity index (χ4n) is 4.99. The maximum absolute atomic E-state index is 13.3. The van der Waals surface area contributed by atoms with Crippen molar-refractivity contribution in [2.45, 2.75) is 25.3 Å². The molecular formula is C29H24N2O5. The quantitative estimate of drug-likeness (QED) is 0.399. The predicted molar refractivity (Wildman–Crippen MR) is 134 cm³/mol. The van der Waals surface area contributed by atoms with Gasteiger partial charge in [0.25, 0.3) is 5.91 Å². The first-order chi connectivity index (χ1) is 17.7. The minimum absolute atomic E-state index is 0.179. The molecule has 7 nitrogen and oxygen atoms in total. The summed E-state index contributed by atoms with van der Waals surface area (Å²) >= 11 is 0. The van der Waals surface area contributed by atoms with E-state index < -0.39 is 5.97 Å². The molecule has 1 aliphatic heterocycles. The number of furan rings is 1. The highest BCUT2D eigenvalue weighted by Gasteiger charge is 2.29. The molecule has 2 aromatic carbocycles. The SMILES string of the molecule is O=C(COC(=O)c1c2c(nc3ccccc13)/C(=C/c1ccco1)CC2)NC1CCOc2ccccc21. The lowest BCUT2D eigenvalue weighted by Crippen LogP contribution is -2.35. The standard InChI is InChI=1S/C29H24N2O5/c32-26(30-24-13-15-35-25-10-4-2-7-20(24)25)17-36-29(33)27-21-8-1-3-9-23(21)31-28-18(11-12-22(27)28)16-19-6-5-14-34-19/h1-10,14,16,24H,11-13,15,17H2,(H,30,32)/b18-16+. The molecule has 7 heteroatoms. The van der Waals surface area contributed by atoms with Crippen LogP contribution < -0.4 is 10.1 Å². The second-order valence-corrected chi connectivity index (χ2v) is 8.89. The summed E-state index contributed by atoms with van der Waals surface area (Å²) in [7, 11) is 0. The molecule has 4 aromatic rings. The molecule has 1 N–H and O–H groups in total. The zero-order valence-electron chi connectivity index (χ0n) is 19.5. The fraction of sp³-hybridized carbons (Fsp3) is 0.207. The molecule has 0 saturated heterocycles. The molecule has 1 atom stereocenters. The summed E-state index contributed by atoms with van der Waals surface area (Å²) in [5, 5.41) is 3.70. The molecule has 2 aliphatic rings. The van der Waals surface area contributed by atoms with Crippen LogP contribution in [0.15, 0.2) is 71.3 Å². The number of carbonyl (C=O) groups excluding carboxylic acids is 2. The molecule has 0 bridgehead atoms. The number of esters is 1. The Bertz CT molecular complexity index is 1490. The van der Waals surface area contributed by atoms with Gasteiger partial charge in [-0.25, -0.2) is 9.78 Å². The highest BCUT2D eigenvalue weighted by atomic mass is 16.5. The van der Waals surface area contributed by atoms with Crippen LogP contribution in [-0.4, -0.2) is 30.1 Å². The van der Waals surface area contributed by atoms with Crippen molar-refractivity contribution in [1.82, 2.24) is 10.3 Å². The van der Waals surface area contributed by atoms with Gasteiger partial charge in [0.1, 0.15) is 11.5 Å². The third kappa shape index (κ3) is 4.13. The van der Waals surface area contributed by atoms with Crippen molar-refractivity contribution in [3.05, 3.63) is 95.1 Å². The number of aromatic nitrogens is 1. The van der Waals surface area contributed by atoms with Gasteiger partial charge in [-0.2, -0.15) is 0 Å². The van der Waals surface area contributed by atoms with E-state index in [-0.39, 0.29) is 18.6 Å². The van der Waals surface area contributed by atoms with E-state index in [1.54, 1.807) is 6.26 Å². The molecule has 2 aromatic heterocycles. The smallest absolute Gasteiger partial charge is 0.339 e. The number of nitrogens with zero attached hydrogens (tertiary/aromatic N) is 1. The highest BCUT2D eigenvalue weighted by molar-refractivity contribution is 6.07. The van der Waals surface area contributed by atoms with E-state index in [1.165, 1.54) is 0 Å². The maximum Gasteiger partial charge on any atom is 0.339 e. The third-order valence-corrected chi connectivity index (χ3v) is 6.63. The van der Waals surface area contributed by atoms with Crippen molar-refractivity contribution in [3.63, 3.8) is 0 Å². The van der Waals surface area contributed by atoms with Gasteiger partial charge in [-0.15, -0.1) is 0 Å². The number of para-hydroxylation sites is 2. The Kier molecular flexibility index (Phi) is 5.73. The number of carbonyl (C=O) groups is 2. The number of allylic oxidation sites excluding steroid dienone is 1. The molecule has 0 saturated carbocycles. The van der Waals surface area contributed by atoms with E-state index in [9.17, 15) is 9.59 Å². The predicted octanol–water partition coefficient (Wildman–Crippen LogP) is 5.11. The molecule has 3 heterocycles. The summed E-state index contributed by atoms with van der Waals surface area (Å²) in [4.78, 5) is 30.9. The lowest BCUT2D eigenvalue weighted by Gasteiger charge is -2.26. The first kappa shape index (κ1) is 22.1. The van der Waals surface area contributed by atoms with Crippen LogP contribution >= 0.6 is 0 Å². The normalized spacial score (nSPS) is 17.3. The topological polar surface area (TPSA) is 90.7 Å². The van der Waals surface area contributed by atoms with E-state index >= 15 is 0 Å². The Balaban J connectivity index is 1.24. The van der Waals surface area contributed by atoms with E-state index in [0.717, 1.165) is 45.7 Å². The second-order valence-electron chi connectivity index (χ2n) is 8.89. The Hall–Kier alpha value is -4.39. The van der Waals surface area contributed by atoms with Gasteiger partial charge in [0, 0.05) is 17.4 Å². The number of pyridine rings is 1. The summed E-state index contributed by atoms with van der Waals surface area (Å²) < 4.78 is 16.7. The maximum atomic E-state index is 13.3. The number of benzene rings is 2. The molecule has 180 valence electrons. The van der Waals surface area contributed by atoms with Crippen LogP contribution in [0, 0.1) is 0 Å².